The zero-order chi connectivity index (χ0) is 16.2. The maximum Gasteiger partial charge on any atom is 0.244 e. The maximum atomic E-state index is 12.5. The number of carbonyl (C=O) groups excluding carboxylic acids is 1. The SMILES string of the molecule is N#C[C@@]12C(=O)N[C@](O)(c3ccccc3)[C@@H]1[C@H]2c1ccccc1Cl. The molecule has 1 aliphatic carbocycles. The number of benzene rings is 2. The predicted molar refractivity (Wildman–Crippen MR) is 84.2 cm³/mol. The zero-order valence-corrected chi connectivity index (χ0v) is 12.8. The van der Waals surface area contributed by atoms with Gasteiger partial charge in [-0.05, 0) is 11.6 Å². The molecule has 0 aromatic heterocycles. The number of hydrogen-bond donors (Lipinski definition) is 2. The van der Waals surface area contributed by atoms with Gasteiger partial charge >= 0.3 is 0 Å². The predicted octanol–water partition coefficient (Wildman–Crippen LogP) is 2.54. The van der Waals surface area contributed by atoms with Gasteiger partial charge in [-0.2, -0.15) is 5.26 Å². The lowest BCUT2D eigenvalue weighted by molar-refractivity contribution is -0.127. The van der Waals surface area contributed by atoms with E-state index in [1.54, 1.807) is 36.4 Å². The second-order valence-electron chi connectivity index (χ2n) is 6.04. The number of piperidine rings is 1. The number of halogens is 1. The lowest BCUT2D eigenvalue weighted by atomic mass is 9.95. The number of rotatable bonds is 2. The van der Waals surface area contributed by atoms with Crippen LogP contribution in [-0.4, -0.2) is 11.0 Å². The first kappa shape index (κ1) is 14.3. The Morgan fingerprint density at radius 2 is 1.78 bits per heavy atom. The van der Waals surface area contributed by atoms with Crippen molar-refractivity contribution in [3.63, 3.8) is 0 Å². The molecule has 2 fully saturated rings. The molecule has 4 atom stereocenters. The molecule has 114 valence electrons. The lowest BCUT2D eigenvalue weighted by Gasteiger charge is -2.27. The monoisotopic (exact) mass is 324 g/mol. The second kappa shape index (κ2) is 4.58. The van der Waals surface area contributed by atoms with Gasteiger partial charge in [0.2, 0.25) is 5.91 Å². The third-order valence-corrected chi connectivity index (χ3v) is 5.32. The molecule has 2 aromatic carbocycles. The van der Waals surface area contributed by atoms with Crippen LogP contribution in [0.3, 0.4) is 0 Å². The summed E-state index contributed by atoms with van der Waals surface area (Å²) in [6, 6.07) is 18.2. The molecule has 23 heavy (non-hydrogen) atoms. The first-order valence-electron chi connectivity index (χ1n) is 7.32. The van der Waals surface area contributed by atoms with Crippen LogP contribution in [0.4, 0.5) is 0 Å². The van der Waals surface area contributed by atoms with Crippen molar-refractivity contribution >= 4 is 17.5 Å². The Balaban J connectivity index is 1.86. The highest BCUT2D eigenvalue weighted by Crippen LogP contribution is 2.73. The van der Waals surface area contributed by atoms with Crippen LogP contribution < -0.4 is 5.32 Å². The second-order valence-corrected chi connectivity index (χ2v) is 6.45. The van der Waals surface area contributed by atoms with E-state index in [2.05, 4.69) is 11.4 Å². The summed E-state index contributed by atoms with van der Waals surface area (Å²) in [4.78, 5) is 12.5. The van der Waals surface area contributed by atoms with Gasteiger partial charge in [0.1, 0.15) is 0 Å². The highest BCUT2D eigenvalue weighted by atomic mass is 35.5. The van der Waals surface area contributed by atoms with Gasteiger partial charge in [0.05, 0.1) is 6.07 Å². The summed E-state index contributed by atoms with van der Waals surface area (Å²) < 4.78 is 0. The number of nitrogens with zero attached hydrogens (tertiary/aromatic N) is 1. The fourth-order valence-electron chi connectivity index (χ4n) is 3.88. The number of nitriles is 1. The Morgan fingerprint density at radius 3 is 2.43 bits per heavy atom. The number of fused-ring (bicyclic) bond motifs is 1. The van der Waals surface area contributed by atoms with Crippen LogP contribution in [0.25, 0.3) is 0 Å². The lowest BCUT2D eigenvalue weighted by Crippen LogP contribution is -2.44. The van der Waals surface area contributed by atoms with Crippen LogP contribution in [0, 0.1) is 22.7 Å². The van der Waals surface area contributed by atoms with Crippen molar-refractivity contribution in [2.24, 2.45) is 11.3 Å². The topological polar surface area (TPSA) is 73.1 Å². The van der Waals surface area contributed by atoms with Crippen LogP contribution in [0.2, 0.25) is 5.02 Å². The summed E-state index contributed by atoms with van der Waals surface area (Å²) in [6.45, 7) is 0. The first-order chi connectivity index (χ1) is 11.1. The van der Waals surface area contributed by atoms with E-state index < -0.39 is 28.9 Å². The summed E-state index contributed by atoms with van der Waals surface area (Å²) in [6.07, 6.45) is 0. The molecule has 2 aromatic rings. The van der Waals surface area contributed by atoms with Gasteiger partial charge in [-0.25, -0.2) is 0 Å². The molecule has 0 radical (unpaired) electrons. The zero-order valence-electron chi connectivity index (χ0n) is 12.0. The average molecular weight is 325 g/mol. The van der Waals surface area contributed by atoms with Gasteiger partial charge < -0.3 is 10.4 Å². The van der Waals surface area contributed by atoms with Gasteiger partial charge in [0.25, 0.3) is 0 Å². The van der Waals surface area contributed by atoms with E-state index in [0.29, 0.717) is 10.6 Å². The van der Waals surface area contributed by atoms with Gasteiger partial charge in [-0.15, -0.1) is 0 Å². The van der Waals surface area contributed by atoms with Crippen LogP contribution in [0.5, 0.6) is 0 Å². The van der Waals surface area contributed by atoms with E-state index in [0.717, 1.165) is 5.56 Å². The molecule has 4 rings (SSSR count). The Morgan fingerprint density at radius 1 is 1.13 bits per heavy atom. The molecule has 4 nitrogen and oxygen atoms in total. The maximum absolute atomic E-state index is 12.5. The molecule has 0 spiro atoms. The third-order valence-electron chi connectivity index (χ3n) is 4.97. The van der Waals surface area contributed by atoms with Crippen molar-refractivity contribution in [2.45, 2.75) is 11.6 Å². The molecule has 2 aliphatic rings. The highest BCUT2D eigenvalue weighted by molar-refractivity contribution is 6.31. The van der Waals surface area contributed by atoms with Crippen molar-refractivity contribution in [1.29, 1.82) is 5.26 Å². The molecule has 1 amide bonds. The molecule has 1 saturated carbocycles. The Bertz CT molecular complexity index is 848. The fourth-order valence-corrected chi connectivity index (χ4v) is 4.13. The van der Waals surface area contributed by atoms with Gasteiger partial charge in [-0.1, -0.05) is 60.1 Å². The number of aliphatic hydroxyl groups is 1. The van der Waals surface area contributed by atoms with E-state index in [4.69, 9.17) is 11.6 Å². The van der Waals surface area contributed by atoms with Gasteiger partial charge in [0, 0.05) is 22.4 Å². The van der Waals surface area contributed by atoms with E-state index in [1.807, 2.05) is 18.2 Å². The molecule has 1 saturated heterocycles. The molecular weight excluding hydrogens is 312 g/mol. The minimum atomic E-state index is -1.56. The summed E-state index contributed by atoms with van der Waals surface area (Å²) in [7, 11) is 0. The molecule has 1 heterocycles. The standard InChI is InChI=1S/C18H13ClN2O2/c19-13-9-5-4-8-12(13)14-15-17(14,10-20)16(22)21-18(15,23)11-6-2-1-3-7-11/h1-9,14-15,23H,(H,21,22)/t14-,15-,17+,18+/m1/s1. The minimum Gasteiger partial charge on any atom is -0.366 e. The van der Waals surface area contributed by atoms with Crippen LogP contribution in [0.1, 0.15) is 17.0 Å². The van der Waals surface area contributed by atoms with E-state index in [1.165, 1.54) is 0 Å². The molecule has 0 unspecified atom stereocenters. The summed E-state index contributed by atoms with van der Waals surface area (Å²) in [5, 5.41) is 23.9. The normalized spacial score (nSPS) is 34.4. The van der Waals surface area contributed by atoms with Crippen molar-refractivity contribution in [2.75, 3.05) is 0 Å². The number of nitrogens with one attached hydrogen (secondary N) is 1. The summed E-state index contributed by atoms with van der Waals surface area (Å²) in [5.41, 5.74) is -1.53. The quantitative estimate of drug-likeness (QED) is 0.891. The van der Waals surface area contributed by atoms with Crippen molar-refractivity contribution < 1.29 is 9.90 Å². The number of amides is 1. The molecule has 0 bridgehead atoms. The van der Waals surface area contributed by atoms with Crippen LogP contribution in [0.15, 0.2) is 54.6 Å². The smallest absolute Gasteiger partial charge is 0.244 e. The molecule has 1 aliphatic heterocycles. The largest absolute Gasteiger partial charge is 0.366 e. The first-order valence-corrected chi connectivity index (χ1v) is 7.69. The van der Waals surface area contributed by atoms with Gasteiger partial charge in [-0.3, -0.25) is 4.79 Å². The highest BCUT2D eigenvalue weighted by Gasteiger charge is 2.83. The third kappa shape index (κ3) is 1.66. The number of hydrogen-bond acceptors (Lipinski definition) is 3. The Kier molecular flexibility index (Phi) is 2.84. The molecule has 2 N–H and O–H groups in total. The van der Waals surface area contributed by atoms with Crippen LogP contribution >= 0.6 is 11.6 Å². The van der Waals surface area contributed by atoms with Crippen molar-refractivity contribution in [3.8, 4) is 6.07 Å². The average Bonchev–Trinajstić information content (AvgIpc) is 3.20. The molecular formula is C18H13ClN2O2. The number of carbonyl (C=O) groups is 1. The van der Waals surface area contributed by atoms with Crippen molar-refractivity contribution in [1.82, 2.24) is 5.32 Å². The molecule has 5 heteroatoms. The van der Waals surface area contributed by atoms with E-state index in [9.17, 15) is 15.2 Å². The Hall–Kier alpha value is -2.35. The minimum absolute atomic E-state index is 0.417. The Labute approximate surface area is 138 Å². The van der Waals surface area contributed by atoms with Gasteiger partial charge in [0.15, 0.2) is 11.1 Å². The van der Waals surface area contributed by atoms with E-state index in [-0.39, 0.29) is 0 Å². The fraction of sp³-hybridized carbons (Fsp3) is 0.222. The van der Waals surface area contributed by atoms with Crippen LogP contribution in [-0.2, 0) is 10.5 Å². The summed E-state index contributed by atoms with van der Waals surface area (Å²) >= 11 is 6.25. The van der Waals surface area contributed by atoms with E-state index >= 15 is 0 Å². The van der Waals surface area contributed by atoms with Crippen molar-refractivity contribution in [3.05, 3.63) is 70.7 Å². The summed E-state index contributed by atoms with van der Waals surface area (Å²) in [5.74, 6) is -1.42.